The number of benzene rings is 1. The number of amides is 2. The van der Waals surface area contributed by atoms with E-state index >= 15 is 0 Å². The van der Waals surface area contributed by atoms with Crippen LogP contribution in [0.1, 0.15) is 20.8 Å². The Kier molecular flexibility index (Phi) is 5.74. The van der Waals surface area contributed by atoms with Gasteiger partial charge in [0, 0.05) is 24.3 Å². The third-order valence-electron chi connectivity index (χ3n) is 2.78. The van der Waals surface area contributed by atoms with E-state index in [4.69, 9.17) is 0 Å². The number of nitrogens with zero attached hydrogens (tertiary/aromatic N) is 1. The number of rotatable bonds is 5. The Balaban J connectivity index is 2.50. The van der Waals surface area contributed by atoms with Gasteiger partial charge in [0.15, 0.2) is 0 Å². The fourth-order valence-electron chi connectivity index (χ4n) is 1.97. The molecule has 0 fully saturated rings. The minimum Gasteiger partial charge on any atom is -0.337 e. The average Bonchev–Trinajstić information content (AvgIpc) is 2.32. The van der Waals surface area contributed by atoms with Gasteiger partial charge >= 0.3 is 6.03 Å². The molecule has 1 aromatic rings. The first kappa shape index (κ1) is 17.5. The van der Waals surface area contributed by atoms with Crippen LogP contribution < -0.4 is 10.6 Å². The second kappa shape index (κ2) is 6.91. The van der Waals surface area contributed by atoms with Crippen LogP contribution in [0.5, 0.6) is 0 Å². The summed E-state index contributed by atoms with van der Waals surface area (Å²) >= 11 is 0. The number of anilines is 1. The van der Waals surface area contributed by atoms with Gasteiger partial charge in [-0.15, -0.1) is 0 Å². The lowest BCUT2D eigenvalue weighted by molar-refractivity contribution is 0.238. The van der Waals surface area contributed by atoms with Crippen LogP contribution in [0.2, 0.25) is 0 Å². The van der Waals surface area contributed by atoms with Gasteiger partial charge in [0.2, 0.25) is 10.0 Å². The van der Waals surface area contributed by atoms with E-state index in [9.17, 15) is 13.2 Å². The van der Waals surface area contributed by atoms with Crippen LogP contribution in [0.25, 0.3) is 0 Å². The number of hydrogen-bond acceptors (Lipinski definition) is 3. The summed E-state index contributed by atoms with van der Waals surface area (Å²) in [4.78, 5) is 11.7. The van der Waals surface area contributed by atoms with Crippen molar-refractivity contribution in [1.82, 2.24) is 9.62 Å². The lowest BCUT2D eigenvalue weighted by atomic mass is 10.1. The number of nitrogens with one attached hydrogen (secondary N) is 2. The summed E-state index contributed by atoms with van der Waals surface area (Å²) in [6.07, 6.45) is 1.17. The number of carbonyl (C=O) groups is 1. The maximum absolute atomic E-state index is 11.7. The molecule has 0 saturated carbocycles. The molecule has 0 radical (unpaired) electrons. The SMILES string of the molecule is CC(C)(C)N(CCNC(=O)Nc1ccccc1)S(C)(=O)=O. The van der Waals surface area contributed by atoms with Crippen molar-refractivity contribution >= 4 is 21.7 Å². The first-order chi connectivity index (χ1) is 9.60. The van der Waals surface area contributed by atoms with E-state index in [1.54, 1.807) is 12.1 Å². The maximum atomic E-state index is 11.7. The van der Waals surface area contributed by atoms with Crippen molar-refractivity contribution in [2.75, 3.05) is 24.7 Å². The molecule has 118 valence electrons. The molecule has 0 atom stereocenters. The standard InChI is InChI=1S/C14H23N3O3S/c1-14(2,3)17(21(4,19)20)11-10-15-13(18)16-12-8-6-5-7-9-12/h5-9H,10-11H2,1-4H3,(H2,15,16,18). The van der Waals surface area contributed by atoms with Gasteiger partial charge in [-0.2, -0.15) is 4.31 Å². The van der Waals surface area contributed by atoms with Crippen LogP contribution in [-0.4, -0.2) is 43.6 Å². The summed E-state index contributed by atoms with van der Waals surface area (Å²) in [6.45, 7) is 5.92. The summed E-state index contributed by atoms with van der Waals surface area (Å²) in [5.74, 6) is 0. The van der Waals surface area contributed by atoms with E-state index in [0.29, 0.717) is 5.69 Å². The lowest BCUT2D eigenvalue weighted by Crippen LogP contribution is -2.48. The summed E-state index contributed by atoms with van der Waals surface area (Å²) in [5, 5.41) is 5.32. The Morgan fingerprint density at radius 3 is 2.24 bits per heavy atom. The molecule has 0 aliphatic rings. The highest BCUT2D eigenvalue weighted by molar-refractivity contribution is 7.88. The van der Waals surface area contributed by atoms with Crippen LogP contribution in [0.15, 0.2) is 30.3 Å². The average molecular weight is 313 g/mol. The molecule has 0 spiro atoms. The Hall–Kier alpha value is -1.60. The molecule has 0 bridgehead atoms. The smallest absolute Gasteiger partial charge is 0.319 e. The molecule has 0 aliphatic heterocycles. The maximum Gasteiger partial charge on any atom is 0.319 e. The summed E-state index contributed by atoms with van der Waals surface area (Å²) in [5.41, 5.74) is 0.163. The fourth-order valence-corrected chi connectivity index (χ4v) is 3.38. The zero-order chi connectivity index (χ0) is 16.1. The topological polar surface area (TPSA) is 78.5 Å². The van der Waals surface area contributed by atoms with Gasteiger partial charge in [-0.05, 0) is 32.9 Å². The number of sulfonamides is 1. The third-order valence-corrected chi connectivity index (χ3v) is 4.31. The predicted octanol–water partition coefficient (Wildman–Crippen LogP) is 1.87. The molecule has 0 aromatic heterocycles. The molecule has 7 heteroatoms. The van der Waals surface area contributed by atoms with Crippen LogP contribution in [0.4, 0.5) is 10.5 Å². The van der Waals surface area contributed by atoms with Gasteiger partial charge in [-0.1, -0.05) is 18.2 Å². The van der Waals surface area contributed by atoms with Crippen molar-refractivity contribution in [3.63, 3.8) is 0 Å². The van der Waals surface area contributed by atoms with E-state index in [-0.39, 0.29) is 19.1 Å². The van der Waals surface area contributed by atoms with E-state index < -0.39 is 15.6 Å². The normalized spacial score (nSPS) is 12.2. The summed E-state index contributed by atoms with van der Waals surface area (Å²) < 4.78 is 24.8. The molecule has 21 heavy (non-hydrogen) atoms. The predicted molar refractivity (Wildman–Crippen MR) is 84.8 cm³/mol. The van der Waals surface area contributed by atoms with Gasteiger partial charge in [-0.25, -0.2) is 13.2 Å². The lowest BCUT2D eigenvalue weighted by Gasteiger charge is -2.33. The molecule has 2 amide bonds. The molecule has 1 aromatic carbocycles. The molecule has 0 saturated heterocycles. The van der Waals surface area contributed by atoms with E-state index in [1.807, 2.05) is 39.0 Å². The van der Waals surface area contributed by atoms with Gasteiger partial charge in [0.25, 0.3) is 0 Å². The second-order valence-electron chi connectivity index (χ2n) is 5.75. The Labute approximate surface area is 126 Å². The van der Waals surface area contributed by atoms with Crippen molar-refractivity contribution < 1.29 is 13.2 Å². The zero-order valence-corrected chi connectivity index (χ0v) is 13.7. The van der Waals surface area contributed by atoms with Crippen LogP contribution in [0, 0.1) is 0 Å². The van der Waals surface area contributed by atoms with Gasteiger partial charge < -0.3 is 10.6 Å². The quantitative estimate of drug-likeness (QED) is 0.871. The van der Waals surface area contributed by atoms with Crippen LogP contribution in [-0.2, 0) is 10.0 Å². The molecule has 1 rings (SSSR count). The Morgan fingerprint density at radius 2 is 1.76 bits per heavy atom. The van der Waals surface area contributed by atoms with Crippen LogP contribution >= 0.6 is 0 Å². The number of urea groups is 1. The summed E-state index contributed by atoms with van der Waals surface area (Å²) in [7, 11) is -3.32. The van der Waals surface area contributed by atoms with E-state index in [2.05, 4.69) is 10.6 Å². The zero-order valence-electron chi connectivity index (χ0n) is 12.9. The first-order valence-corrected chi connectivity index (χ1v) is 8.53. The van der Waals surface area contributed by atoms with Crippen molar-refractivity contribution in [3.05, 3.63) is 30.3 Å². The highest BCUT2D eigenvalue weighted by Crippen LogP contribution is 2.16. The Morgan fingerprint density at radius 1 is 1.19 bits per heavy atom. The summed E-state index contributed by atoms with van der Waals surface area (Å²) in [6, 6.07) is 8.69. The van der Waals surface area contributed by atoms with Gasteiger partial charge in [0.1, 0.15) is 0 Å². The Bertz CT molecular complexity index is 565. The third kappa shape index (κ3) is 6.14. The van der Waals surface area contributed by atoms with E-state index in [1.165, 1.54) is 10.6 Å². The monoisotopic (exact) mass is 313 g/mol. The van der Waals surface area contributed by atoms with E-state index in [0.717, 1.165) is 0 Å². The minimum atomic E-state index is -3.32. The molecule has 2 N–H and O–H groups in total. The van der Waals surface area contributed by atoms with Crippen molar-refractivity contribution in [1.29, 1.82) is 0 Å². The number of carbonyl (C=O) groups excluding carboxylic acids is 1. The van der Waals surface area contributed by atoms with Crippen molar-refractivity contribution in [2.45, 2.75) is 26.3 Å². The largest absolute Gasteiger partial charge is 0.337 e. The molecule has 0 heterocycles. The van der Waals surface area contributed by atoms with Crippen molar-refractivity contribution in [2.24, 2.45) is 0 Å². The fraction of sp³-hybridized carbons (Fsp3) is 0.500. The highest BCUT2D eigenvalue weighted by atomic mass is 32.2. The van der Waals surface area contributed by atoms with Gasteiger partial charge in [-0.3, -0.25) is 0 Å². The molecule has 0 aliphatic carbocycles. The van der Waals surface area contributed by atoms with Gasteiger partial charge in [0.05, 0.1) is 6.26 Å². The van der Waals surface area contributed by atoms with Crippen LogP contribution in [0.3, 0.4) is 0 Å². The molecule has 6 nitrogen and oxygen atoms in total. The molecular weight excluding hydrogens is 290 g/mol. The van der Waals surface area contributed by atoms with Crippen molar-refractivity contribution in [3.8, 4) is 0 Å². The number of para-hydroxylation sites is 1. The number of hydrogen-bond donors (Lipinski definition) is 2. The highest BCUT2D eigenvalue weighted by Gasteiger charge is 2.28. The minimum absolute atomic E-state index is 0.227. The first-order valence-electron chi connectivity index (χ1n) is 6.68. The molecular formula is C14H23N3O3S. The molecule has 0 unspecified atom stereocenters. The second-order valence-corrected chi connectivity index (χ2v) is 7.66.